The number of hydrogen-bond acceptors (Lipinski definition) is 5. The van der Waals surface area contributed by atoms with Gasteiger partial charge in [-0.1, -0.05) is 0 Å². The van der Waals surface area contributed by atoms with Gasteiger partial charge in [0, 0.05) is 32.3 Å². The second kappa shape index (κ2) is 5.57. The highest BCUT2D eigenvalue weighted by atomic mass is 16.3. The molecule has 2 aromatic rings. The molecule has 0 N–H and O–H groups in total. The number of carbonyl (C=O) groups is 1. The maximum Gasteiger partial charge on any atom is 0.227 e. The third-order valence-electron chi connectivity index (χ3n) is 4.44. The fourth-order valence-electron chi connectivity index (χ4n) is 3.28. The van der Waals surface area contributed by atoms with Crippen LogP contribution in [0.25, 0.3) is 0 Å². The van der Waals surface area contributed by atoms with Crippen LogP contribution in [0.1, 0.15) is 31.2 Å². The van der Waals surface area contributed by atoms with Gasteiger partial charge >= 0.3 is 0 Å². The number of rotatable bonds is 4. The zero-order valence-corrected chi connectivity index (χ0v) is 12.4. The summed E-state index contributed by atoms with van der Waals surface area (Å²) in [6.07, 6.45) is 9.74. The second-order valence-corrected chi connectivity index (χ2v) is 5.93. The Morgan fingerprint density at radius 3 is 3.09 bits per heavy atom. The van der Waals surface area contributed by atoms with Gasteiger partial charge in [-0.15, -0.1) is 0 Å². The number of nitrogens with zero attached hydrogens (tertiary/aromatic N) is 5. The van der Waals surface area contributed by atoms with E-state index in [1.165, 1.54) is 0 Å². The first kappa shape index (κ1) is 13.5. The molecule has 2 saturated heterocycles. The Bertz CT molecular complexity index is 651. The van der Waals surface area contributed by atoms with Gasteiger partial charge in [-0.25, -0.2) is 4.98 Å². The molecule has 7 heteroatoms. The van der Waals surface area contributed by atoms with Crippen LogP contribution in [0.15, 0.2) is 29.3 Å². The van der Waals surface area contributed by atoms with Crippen molar-refractivity contribution in [3.8, 4) is 0 Å². The lowest BCUT2D eigenvalue weighted by molar-refractivity contribution is -0.117. The molecule has 1 unspecified atom stereocenters. The number of anilines is 1. The van der Waals surface area contributed by atoms with Crippen molar-refractivity contribution in [3.63, 3.8) is 0 Å². The van der Waals surface area contributed by atoms with Crippen molar-refractivity contribution < 1.29 is 9.21 Å². The molecule has 2 aliphatic heterocycles. The molecule has 0 aromatic carbocycles. The van der Waals surface area contributed by atoms with Crippen LogP contribution in [-0.4, -0.2) is 45.2 Å². The largest absolute Gasteiger partial charge is 0.448 e. The minimum atomic E-state index is 0.205. The second-order valence-electron chi connectivity index (χ2n) is 5.93. The number of carbonyl (C=O) groups excluding carboxylic acids is 1. The van der Waals surface area contributed by atoms with Gasteiger partial charge in [-0.2, -0.15) is 5.10 Å². The van der Waals surface area contributed by atoms with E-state index in [1.807, 2.05) is 15.8 Å². The smallest absolute Gasteiger partial charge is 0.227 e. The van der Waals surface area contributed by atoms with Crippen LogP contribution in [0.2, 0.25) is 0 Å². The van der Waals surface area contributed by atoms with Crippen LogP contribution < -0.4 is 4.90 Å². The Hall–Kier alpha value is -2.15. The van der Waals surface area contributed by atoms with Gasteiger partial charge < -0.3 is 9.32 Å². The summed E-state index contributed by atoms with van der Waals surface area (Å²) in [6.45, 7) is 3.48. The van der Waals surface area contributed by atoms with Crippen molar-refractivity contribution in [2.75, 3.05) is 24.5 Å². The van der Waals surface area contributed by atoms with E-state index in [0.717, 1.165) is 50.6 Å². The van der Waals surface area contributed by atoms with Crippen LogP contribution in [0, 0.1) is 0 Å². The first-order valence-electron chi connectivity index (χ1n) is 7.75. The zero-order valence-electron chi connectivity index (χ0n) is 12.4. The number of likely N-dealkylation sites (tertiary alicyclic amines) is 1. The SMILES string of the molecule is O=C1CCCN1c1cnn(C2CCN(Cc3ncco3)C2)c1. The summed E-state index contributed by atoms with van der Waals surface area (Å²) in [6, 6.07) is 0.349. The summed E-state index contributed by atoms with van der Waals surface area (Å²) in [5.41, 5.74) is 0.925. The Morgan fingerprint density at radius 2 is 2.32 bits per heavy atom. The summed E-state index contributed by atoms with van der Waals surface area (Å²) in [5.74, 6) is 0.959. The van der Waals surface area contributed by atoms with Crippen molar-refractivity contribution in [1.29, 1.82) is 0 Å². The molecule has 2 fully saturated rings. The number of hydrogen-bond donors (Lipinski definition) is 0. The molecule has 1 amide bonds. The van der Waals surface area contributed by atoms with E-state index in [1.54, 1.807) is 18.7 Å². The Labute approximate surface area is 128 Å². The molecule has 0 aliphatic carbocycles. The molecule has 2 aliphatic rings. The standard InChI is InChI=1S/C15H19N5O2/c21-15-2-1-5-19(15)13-8-17-20(10-13)12-3-6-18(9-12)11-14-16-4-7-22-14/h4,7-8,10,12H,1-3,5-6,9,11H2. The van der Waals surface area contributed by atoms with Gasteiger partial charge in [-0.3, -0.25) is 14.4 Å². The summed E-state index contributed by atoms with van der Waals surface area (Å²) in [7, 11) is 0. The summed E-state index contributed by atoms with van der Waals surface area (Å²) < 4.78 is 7.30. The first-order valence-corrected chi connectivity index (χ1v) is 7.75. The van der Waals surface area contributed by atoms with Crippen LogP contribution in [0.5, 0.6) is 0 Å². The Balaban J connectivity index is 1.41. The number of aromatic nitrogens is 3. The lowest BCUT2D eigenvalue weighted by Crippen LogP contribution is -2.23. The molecule has 0 radical (unpaired) electrons. The molecule has 116 valence electrons. The van der Waals surface area contributed by atoms with Crippen molar-refractivity contribution in [3.05, 3.63) is 30.7 Å². The van der Waals surface area contributed by atoms with E-state index >= 15 is 0 Å². The summed E-state index contributed by atoms with van der Waals surface area (Å²) in [4.78, 5) is 20.1. The van der Waals surface area contributed by atoms with Gasteiger partial charge in [0.15, 0.2) is 0 Å². The quantitative estimate of drug-likeness (QED) is 0.855. The molecule has 4 heterocycles. The monoisotopic (exact) mass is 301 g/mol. The van der Waals surface area contributed by atoms with E-state index in [9.17, 15) is 4.79 Å². The first-order chi connectivity index (χ1) is 10.8. The van der Waals surface area contributed by atoms with E-state index in [4.69, 9.17) is 4.42 Å². The van der Waals surface area contributed by atoms with Crippen LogP contribution in [0.4, 0.5) is 5.69 Å². The van der Waals surface area contributed by atoms with Gasteiger partial charge in [0.05, 0.1) is 30.7 Å². The molecule has 0 bridgehead atoms. The fourth-order valence-corrected chi connectivity index (χ4v) is 3.28. The maximum absolute atomic E-state index is 11.8. The third kappa shape index (κ3) is 2.52. The normalized spacial score (nSPS) is 22.8. The third-order valence-corrected chi connectivity index (χ3v) is 4.44. The van der Waals surface area contributed by atoms with E-state index in [2.05, 4.69) is 15.0 Å². The summed E-state index contributed by atoms with van der Waals surface area (Å²) >= 11 is 0. The number of amides is 1. The van der Waals surface area contributed by atoms with Crippen LogP contribution >= 0.6 is 0 Å². The van der Waals surface area contributed by atoms with Gasteiger partial charge in [-0.05, 0) is 12.8 Å². The molecule has 0 spiro atoms. The van der Waals surface area contributed by atoms with Gasteiger partial charge in [0.1, 0.15) is 6.26 Å². The highest BCUT2D eigenvalue weighted by molar-refractivity contribution is 5.95. The van der Waals surface area contributed by atoms with Gasteiger partial charge in [0.25, 0.3) is 0 Å². The minimum absolute atomic E-state index is 0.205. The average Bonchev–Trinajstić information content (AvgIpc) is 3.25. The Kier molecular flexibility index (Phi) is 3.42. The molecular weight excluding hydrogens is 282 g/mol. The average molecular weight is 301 g/mol. The molecule has 2 aromatic heterocycles. The van der Waals surface area contributed by atoms with Crippen molar-refractivity contribution in [1.82, 2.24) is 19.7 Å². The van der Waals surface area contributed by atoms with E-state index in [0.29, 0.717) is 12.5 Å². The highest BCUT2D eigenvalue weighted by Crippen LogP contribution is 2.26. The molecule has 1 atom stereocenters. The molecular formula is C15H19N5O2. The molecule has 7 nitrogen and oxygen atoms in total. The van der Waals surface area contributed by atoms with Crippen LogP contribution in [-0.2, 0) is 11.3 Å². The predicted molar refractivity (Wildman–Crippen MR) is 79.2 cm³/mol. The maximum atomic E-state index is 11.8. The van der Waals surface area contributed by atoms with E-state index < -0.39 is 0 Å². The molecule has 0 saturated carbocycles. The van der Waals surface area contributed by atoms with Gasteiger partial charge in [0.2, 0.25) is 11.8 Å². The topological polar surface area (TPSA) is 67.4 Å². The zero-order chi connectivity index (χ0) is 14.9. The molecule has 22 heavy (non-hydrogen) atoms. The predicted octanol–water partition coefficient (Wildman–Crippen LogP) is 1.44. The molecule has 4 rings (SSSR count). The lowest BCUT2D eigenvalue weighted by atomic mass is 10.3. The summed E-state index contributed by atoms with van der Waals surface area (Å²) in [5, 5.41) is 4.47. The van der Waals surface area contributed by atoms with Crippen LogP contribution in [0.3, 0.4) is 0 Å². The van der Waals surface area contributed by atoms with E-state index in [-0.39, 0.29) is 5.91 Å². The highest BCUT2D eigenvalue weighted by Gasteiger charge is 2.27. The fraction of sp³-hybridized carbons (Fsp3) is 0.533. The van der Waals surface area contributed by atoms with Crippen molar-refractivity contribution >= 4 is 11.6 Å². The van der Waals surface area contributed by atoms with Crippen molar-refractivity contribution in [2.45, 2.75) is 31.8 Å². The number of oxazole rings is 1. The van der Waals surface area contributed by atoms with Crippen molar-refractivity contribution in [2.24, 2.45) is 0 Å². The lowest BCUT2D eigenvalue weighted by Gasteiger charge is -2.15. The minimum Gasteiger partial charge on any atom is -0.448 e. The Morgan fingerprint density at radius 1 is 1.36 bits per heavy atom.